The normalized spacial score (nSPS) is 15.2. The fraction of sp³-hybridized carbons (Fsp3) is 0.280. The van der Waals surface area contributed by atoms with E-state index in [2.05, 4.69) is 32.0 Å². The molecular weight excluding hydrogens is 437 g/mol. The summed E-state index contributed by atoms with van der Waals surface area (Å²) < 4.78 is 20.6. The van der Waals surface area contributed by atoms with Gasteiger partial charge in [-0.3, -0.25) is 4.90 Å². The van der Waals surface area contributed by atoms with Gasteiger partial charge < -0.3 is 9.64 Å². The third-order valence-electron chi connectivity index (χ3n) is 6.40. The van der Waals surface area contributed by atoms with Crippen molar-refractivity contribution in [3.05, 3.63) is 82.2 Å². The van der Waals surface area contributed by atoms with Gasteiger partial charge in [-0.25, -0.2) is 14.1 Å². The Balaban J connectivity index is 1.30. The van der Waals surface area contributed by atoms with Crippen LogP contribution in [0, 0.1) is 5.82 Å². The van der Waals surface area contributed by atoms with E-state index in [-0.39, 0.29) is 5.82 Å². The second-order valence-electron chi connectivity index (χ2n) is 8.54. The Kier molecular flexibility index (Phi) is 5.11. The number of benzene rings is 2. The van der Waals surface area contributed by atoms with Gasteiger partial charge in [-0.15, -0.1) is 11.3 Å². The third-order valence-corrected chi connectivity index (χ3v) is 7.68. The number of rotatable bonds is 5. The molecule has 8 heteroatoms. The standard InChI is InChI=1S/C25H24FN5OS/c1-32-20-8-4-18(5-9-20)13-30-16-31-24(27-15-28-31)23-21-10-11-29(14-22(21)33-25(23)30)12-17-2-6-19(26)7-3-17/h2-9,15H,10-14,16H2,1H3. The molecule has 2 aromatic heterocycles. The molecule has 0 saturated carbocycles. The lowest BCUT2D eigenvalue weighted by atomic mass is 10.0. The molecule has 0 N–H and O–H groups in total. The average Bonchev–Trinajstić information content (AvgIpc) is 3.45. The molecule has 4 aromatic rings. The summed E-state index contributed by atoms with van der Waals surface area (Å²) in [6, 6.07) is 15.1. The first kappa shape index (κ1) is 20.4. The maximum atomic E-state index is 13.3. The SMILES string of the molecule is COc1ccc(CN2Cn3ncnc3-c3c2sc2c3CCN(Cc3ccc(F)cc3)C2)cc1. The molecular formula is C25H24FN5OS. The molecule has 0 aliphatic carbocycles. The van der Waals surface area contributed by atoms with Crippen LogP contribution in [0.2, 0.25) is 0 Å². The summed E-state index contributed by atoms with van der Waals surface area (Å²) in [6.45, 7) is 4.19. The smallest absolute Gasteiger partial charge is 0.163 e. The highest BCUT2D eigenvalue weighted by Crippen LogP contribution is 2.47. The van der Waals surface area contributed by atoms with E-state index < -0.39 is 0 Å². The summed E-state index contributed by atoms with van der Waals surface area (Å²) in [5, 5.41) is 5.77. The molecule has 0 atom stereocenters. The second kappa shape index (κ2) is 8.28. The van der Waals surface area contributed by atoms with E-state index in [1.54, 1.807) is 25.6 Å². The first-order valence-electron chi connectivity index (χ1n) is 11.1. The van der Waals surface area contributed by atoms with Crippen LogP contribution in [0.3, 0.4) is 0 Å². The Morgan fingerprint density at radius 2 is 1.79 bits per heavy atom. The van der Waals surface area contributed by atoms with Gasteiger partial charge in [0.2, 0.25) is 0 Å². The van der Waals surface area contributed by atoms with Crippen LogP contribution in [0.4, 0.5) is 9.39 Å². The van der Waals surface area contributed by atoms with Crippen molar-refractivity contribution in [1.82, 2.24) is 19.7 Å². The summed E-state index contributed by atoms with van der Waals surface area (Å²) in [6.07, 6.45) is 2.63. The van der Waals surface area contributed by atoms with Crippen molar-refractivity contribution in [1.29, 1.82) is 0 Å². The summed E-state index contributed by atoms with van der Waals surface area (Å²) in [5.41, 5.74) is 5.02. The second-order valence-corrected chi connectivity index (χ2v) is 9.63. The maximum Gasteiger partial charge on any atom is 0.163 e. The van der Waals surface area contributed by atoms with Crippen molar-refractivity contribution in [2.75, 3.05) is 18.6 Å². The fourth-order valence-corrected chi connectivity index (χ4v) is 6.11. The van der Waals surface area contributed by atoms with Gasteiger partial charge in [0.15, 0.2) is 5.82 Å². The van der Waals surface area contributed by atoms with Crippen molar-refractivity contribution in [2.24, 2.45) is 0 Å². The van der Waals surface area contributed by atoms with Crippen LogP contribution in [-0.2, 0) is 32.7 Å². The Morgan fingerprint density at radius 1 is 1.03 bits per heavy atom. The summed E-state index contributed by atoms with van der Waals surface area (Å²) >= 11 is 1.87. The molecule has 0 saturated heterocycles. The maximum absolute atomic E-state index is 13.3. The molecule has 2 aliphatic heterocycles. The molecule has 4 heterocycles. The molecule has 0 spiro atoms. The average molecular weight is 462 g/mol. The molecule has 0 radical (unpaired) electrons. The zero-order valence-electron chi connectivity index (χ0n) is 18.4. The molecule has 0 amide bonds. The van der Waals surface area contributed by atoms with Crippen LogP contribution in [-0.4, -0.2) is 33.3 Å². The van der Waals surface area contributed by atoms with Gasteiger partial charge in [0.25, 0.3) is 0 Å². The van der Waals surface area contributed by atoms with Crippen LogP contribution in [0.25, 0.3) is 11.4 Å². The van der Waals surface area contributed by atoms with E-state index >= 15 is 0 Å². The van der Waals surface area contributed by atoms with Crippen LogP contribution in [0.15, 0.2) is 54.9 Å². The van der Waals surface area contributed by atoms with Crippen molar-refractivity contribution >= 4 is 16.3 Å². The van der Waals surface area contributed by atoms with Crippen LogP contribution in [0.1, 0.15) is 21.6 Å². The first-order chi connectivity index (χ1) is 16.2. The predicted octanol–water partition coefficient (Wildman–Crippen LogP) is 4.69. The van der Waals surface area contributed by atoms with Crippen molar-refractivity contribution < 1.29 is 9.13 Å². The van der Waals surface area contributed by atoms with Gasteiger partial charge >= 0.3 is 0 Å². The van der Waals surface area contributed by atoms with Gasteiger partial charge in [-0.1, -0.05) is 24.3 Å². The predicted molar refractivity (Wildman–Crippen MR) is 127 cm³/mol. The molecule has 2 aliphatic rings. The fourth-order valence-electron chi connectivity index (χ4n) is 4.74. The highest BCUT2D eigenvalue weighted by Gasteiger charge is 2.33. The minimum atomic E-state index is -0.188. The van der Waals surface area contributed by atoms with E-state index in [4.69, 9.17) is 4.74 Å². The highest BCUT2D eigenvalue weighted by atomic mass is 32.1. The lowest BCUT2D eigenvalue weighted by Crippen LogP contribution is -2.31. The Morgan fingerprint density at radius 3 is 2.58 bits per heavy atom. The lowest BCUT2D eigenvalue weighted by molar-refractivity contribution is 0.249. The van der Waals surface area contributed by atoms with Gasteiger partial charge in [0.1, 0.15) is 29.6 Å². The highest BCUT2D eigenvalue weighted by molar-refractivity contribution is 7.17. The molecule has 0 bridgehead atoms. The Labute approximate surface area is 195 Å². The number of hydrogen-bond acceptors (Lipinski definition) is 6. The van der Waals surface area contributed by atoms with Crippen LogP contribution in [0.5, 0.6) is 5.75 Å². The Bertz CT molecular complexity index is 1280. The summed E-state index contributed by atoms with van der Waals surface area (Å²) in [7, 11) is 1.69. The Hall–Kier alpha value is -3.23. The summed E-state index contributed by atoms with van der Waals surface area (Å²) in [5.74, 6) is 1.65. The minimum absolute atomic E-state index is 0.188. The molecule has 0 unspecified atom stereocenters. The molecule has 0 fully saturated rings. The lowest BCUT2D eigenvalue weighted by Gasteiger charge is -2.30. The number of nitrogens with zero attached hydrogens (tertiary/aromatic N) is 5. The number of aromatic nitrogens is 3. The molecule has 6 rings (SSSR count). The number of halogens is 1. The monoisotopic (exact) mass is 461 g/mol. The number of hydrogen-bond donors (Lipinski definition) is 0. The van der Waals surface area contributed by atoms with Gasteiger partial charge in [0, 0.05) is 31.1 Å². The number of ether oxygens (including phenoxy) is 1. The third kappa shape index (κ3) is 3.79. The molecule has 6 nitrogen and oxygen atoms in total. The van der Waals surface area contributed by atoms with E-state index in [0.717, 1.165) is 49.7 Å². The molecule has 33 heavy (non-hydrogen) atoms. The molecule has 2 aromatic carbocycles. The number of fused-ring (bicyclic) bond motifs is 5. The zero-order valence-corrected chi connectivity index (χ0v) is 19.2. The largest absolute Gasteiger partial charge is 0.497 e. The zero-order chi connectivity index (χ0) is 22.4. The topological polar surface area (TPSA) is 46.4 Å². The van der Waals surface area contributed by atoms with E-state index in [1.807, 2.05) is 40.3 Å². The van der Waals surface area contributed by atoms with Crippen molar-refractivity contribution in [3.8, 4) is 17.1 Å². The first-order valence-corrected chi connectivity index (χ1v) is 11.9. The quantitative estimate of drug-likeness (QED) is 0.432. The number of anilines is 1. The van der Waals surface area contributed by atoms with Gasteiger partial charge in [-0.05, 0) is 47.4 Å². The van der Waals surface area contributed by atoms with Crippen LogP contribution >= 0.6 is 11.3 Å². The van der Waals surface area contributed by atoms with Crippen LogP contribution < -0.4 is 9.64 Å². The number of thiophene rings is 1. The summed E-state index contributed by atoms with van der Waals surface area (Å²) in [4.78, 5) is 10.8. The van der Waals surface area contributed by atoms with Crippen molar-refractivity contribution in [3.63, 3.8) is 0 Å². The van der Waals surface area contributed by atoms with E-state index in [1.165, 1.54) is 26.6 Å². The minimum Gasteiger partial charge on any atom is -0.497 e. The van der Waals surface area contributed by atoms with Gasteiger partial charge in [0.05, 0.1) is 12.7 Å². The molecule has 168 valence electrons. The van der Waals surface area contributed by atoms with Crippen molar-refractivity contribution in [2.45, 2.75) is 32.7 Å². The van der Waals surface area contributed by atoms with Gasteiger partial charge in [-0.2, -0.15) is 5.10 Å². The van der Waals surface area contributed by atoms with E-state index in [0.29, 0.717) is 6.67 Å². The van der Waals surface area contributed by atoms with E-state index in [9.17, 15) is 4.39 Å². The number of methoxy groups -OCH3 is 1.